The lowest BCUT2D eigenvalue weighted by molar-refractivity contribution is 0.0729. The first-order valence-corrected chi connectivity index (χ1v) is 9.12. The fourth-order valence-electron chi connectivity index (χ4n) is 4.11. The molecule has 2 aromatic heterocycles. The highest BCUT2D eigenvalue weighted by Gasteiger charge is 2.34. The van der Waals surface area contributed by atoms with Crippen molar-refractivity contribution in [3.05, 3.63) is 52.9 Å². The van der Waals surface area contributed by atoms with Gasteiger partial charge in [-0.3, -0.25) is 4.79 Å². The van der Waals surface area contributed by atoms with Gasteiger partial charge < -0.3 is 14.5 Å². The fourth-order valence-corrected chi connectivity index (χ4v) is 4.11. The number of hydrogen-bond donors (Lipinski definition) is 1. The van der Waals surface area contributed by atoms with Crippen molar-refractivity contribution >= 4 is 16.9 Å². The van der Waals surface area contributed by atoms with Crippen molar-refractivity contribution in [2.24, 2.45) is 0 Å². The van der Waals surface area contributed by atoms with Crippen molar-refractivity contribution in [1.82, 2.24) is 19.4 Å². The first-order valence-electron chi connectivity index (χ1n) is 9.12. The molecule has 1 N–H and O–H groups in total. The van der Waals surface area contributed by atoms with Gasteiger partial charge in [0.1, 0.15) is 11.6 Å². The number of nitrogens with zero attached hydrogens (tertiary/aromatic N) is 3. The summed E-state index contributed by atoms with van der Waals surface area (Å²) in [6, 6.07) is 6.40. The third-order valence-electron chi connectivity index (χ3n) is 5.41. The first kappa shape index (κ1) is 16.8. The molecule has 1 atom stereocenters. The van der Waals surface area contributed by atoms with Gasteiger partial charge in [0.2, 0.25) is 0 Å². The van der Waals surface area contributed by atoms with E-state index in [1.165, 1.54) is 12.1 Å². The number of aromatic nitrogens is 3. The summed E-state index contributed by atoms with van der Waals surface area (Å²) < 4.78 is 15.6. The molecule has 1 unspecified atom stereocenters. The zero-order valence-electron chi connectivity index (χ0n) is 15.3. The summed E-state index contributed by atoms with van der Waals surface area (Å²) in [5, 5.41) is 0. The molecule has 3 aromatic rings. The van der Waals surface area contributed by atoms with E-state index in [2.05, 4.69) is 21.5 Å². The van der Waals surface area contributed by atoms with E-state index in [4.69, 9.17) is 0 Å². The third-order valence-corrected chi connectivity index (χ3v) is 5.41. The topological polar surface area (TPSA) is 53.9 Å². The van der Waals surface area contributed by atoms with Crippen LogP contribution in [0.15, 0.2) is 24.3 Å². The van der Waals surface area contributed by atoms with Crippen LogP contribution in [0.2, 0.25) is 0 Å². The molecular formula is C20H23FN4O. The van der Waals surface area contributed by atoms with Gasteiger partial charge in [-0.05, 0) is 57.9 Å². The second-order valence-electron chi connectivity index (χ2n) is 6.97. The summed E-state index contributed by atoms with van der Waals surface area (Å²) >= 11 is 0. The van der Waals surface area contributed by atoms with Crippen LogP contribution in [0.4, 0.5) is 4.39 Å². The Morgan fingerprint density at radius 1 is 1.35 bits per heavy atom. The standard InChI is InChI=1S/C20H23FN4O/c1-4-24-12(2)10-15(13(24)3)20(26)25-9-5-6-18(25)19-22-16-8-7-14(21)11-17(16)23-19/h7-8,10-11,18H,4-6,9H2,1-3H3,(H,22,23). The molecular weight excluding hydrogens is 331 g/mol. The molecule has 0 radical (unpaired) electrons. The largest absolute Gasteiger partial charge is 0.349 e. The molecule has 0 aliphatic carbocycles. The number of amides is 1. The summed E-state index contributed by atoms with van der Waals surface area (Å²) in [6.45, 7) is 7.68. The van der Waals surface area contributed by atoms with E-state index in [0.29, 0.717) is 12.1 Å². The number of halogens is 1. The Morgan fingerprint density at radius 2 is 2.15 bits per heavy atom. The minimum atomic E-state index is -0.293. The Kier molecular flexibility index (Phi) is 4.05. The maximum Gasteiger partial charge on any atom is 0.256 e. The fraction of sp³-hybridized carbons (Fsp3) is 0.400. The number of carbonyl (C=O) groups is 1. The Bertz CT molecular complexity index is 987. The second kappa shape index (κ2) is 6.27. The van der Waals surface area contributed by atoms with Crippen molar-refractivity contribution in [3.63, 3.8) is 0 Å². The van der Waals surface area contributed by atoms with Crippen molar-refractivity contribution < 1.29 is 9.18 Å². The van der Waals surface area contributed by atoms with Gasteiger partial charge in [0.25, 0.3) is 5.91 Å². The molecule has 1 saturated heterocycles. The van der Waals surface area contributed by atoms with Crippen molar-refractivity contribution in [2.75, 3.05) is 6.54 Å². The number of carbonyl (C=O) groups excluding carboxylic acids is 1. The zero-order valence-corrected chi connectivity index (χ0v) is 15.3. The van der Waals surface area contributed by atoms with Crippen molar-refractivity contribution in [1.29, 1.82) is 0 Å². The van der Waals surface area contributed by atoms with Gasteiger partial charge in [-0.1, -0.05) is 0 Å². The number of fused-ring (bicyclic) bond motifs is 1. The second-order valence-corrected chi connectivity index (χ2v) is 6.97. The number of aromatic amines is 1. The maximum absolute atomic E-state index is 13.5. The molecule has 136 valence electrons. The SMILES string of the molecule is CCn1c(C)cc(C(=O)N2CCCC2c2nc3ccc(F)cc3[nH]2)c1C. The Hall–Kier alpha value is -2.63. The highest BCUT2D eigenvalue weighted by molar-refractivity contribution is 5.96. The number of hydrogen-bond acceptors (Lipinski definition) is 2. The van der Waals surface area contributed by atoms with Crippen LogP contribution >= 0.6 is 0 Å². The van der Waals surface area contributed by atoms with Crippen LogP contribution in [0.3, 0.4) is 0 Å². The van der Waals surface area contributed by atoms with Gasteiger partial charge in [0, 0.05) is 24.5 Å². The lowest BCUT2D eigenvalue weighted by atomic mass is 10.1. The highest BCUT2D eigenvalue weighted by atomic mass is 19.1. The third kappa shape index (κ3) is 2.60. The van der Waals surface area contributed by atoms with E-state index in [0.717, 1.165) is 47.7 Å². The van der Waals surface area contributed by atoms with Crippen LogP contribution in [0.1, 0.15) is 53.4 Å². The number of H-pyrrole nitrogens is 1. The minimum absolute atomic E-state index is 0.0481. The van der Waals surface area contributed by atoms with Crippen molar-refractivity contribution in [3.8, 4) is 0 Å². The Balaban J connectivity index is 1.68. The molecule has 1 aliphatic rings. The molecule has 0 saturated carbocycles. The molecule has 3 heterocycles. The molecule has 1 fully saturated rings. The summed E-state index contributed by atoms with van der Waals surface area (Å²) in [5.41, 5.74) is 4.27. The zero-order chi connectivity index (χ0) is 18.4. The number of rotatable bonds is 3. The quantitative estimate of drug-likeness (QED) is 0.769. The monoisotopic (exact) mass is 354 g/mol. The average Bonchev–Trinajstić information content (AvgIpc) is 3.30. The van der Waals surface area contributed by atoms with Crippen LogP contribution in [-0.4, -0.2) is 31.9 Å². The lowest BCUT2D eigenvalue weighted by Gasteiger charge is -2.23. The van der Waals surface area contributed by atoms with Crippen molar-refractivity contribution in [2.45, 2.75) is 46.2 Å². The van der Waals surface area contributed by atoms with Crippen LogP contribution in [0.5, 0.6) is 0 Å². The number of likely N-dealkylation sites (tertiary alicyclic amines) is 1. The molecule has 1 aliphatic heterocycles. The number of aryl methyl sites for hydroxylation is 1. The number of imidazole rings is 1. The Morgan fingerprint density at radius 3 is 2.88 bits per heavy atom. The van der Waals surface area contributed by atoms with Gasteiger partial charge in [0.05, 0.1) is 22.6 Å². The first-order chi connectivity index (χ1) is 12.5. The molecule has 0 spiro atoms. The lowest BCUT2D eigenvalue weighted by Crippen LogP contribution is -2.31. The Labute approximate surface area is 151 Å². The van der Waals surface area contributed by atoms with Crippen LogP contribution in [0, 0.1) is 19.7 Å². The predicted octanol–water partition coefficient (Wildman–Crippen LogP) is 4.12. The molecule has 1 aromatic carbocycles. The molecule has 1 amide bonds. The van der Waals surface area contributed by atoms with E-state index >= 15 is 0 Å². The molecule has 4 rings (SSSR count). The normalized spacial score (nSPS) is 17.4. The summed E-state index contributed by atoms with van der Waals surface area (Å²) in [7, 11) is 0. The molecule has 0 bridgehead atoms. The smallest absolute Gasteiger partial charge is 0.256 e. The maximum atomic E-state index is 13.5. The molecule has 5 nitrogen and oxygen atoms in total. The van der Waals surface area contributed by atoms with E-state index in [1.54, 1.807) is 6.07 Å². The van der Waals surface area contributed by atoms with Gasteiger partial charge in [-0.2, -0.15) is 0 Å². The van der Waals surface area contributed by atoms with Gasteiger partial charge in [-0.25, -0.2) is 9.37 Å². The minimum Gasteiger partial charge on any atom is -0.349 e. The van der Waals surface area contributed by atoms with Gasteiger partial charge >= 0.3 is 0 Å². The molecule has 26 heavy (non-hydrogen) atoms. The van der Waals surface area contributed by atoms with Gasteiger partial charge in [-0.15, -0.1) is 0 Å². The van der Waals surface area contributed by atoms with Crippen LogP contribution in [0.25, 0.3) is 11.0 Å². The molecule has 6 heteroatoms. The van der Waals surface area contributed by atoms with Crippen LogP contribution < -0.4 is 0 Å². The van der Waals surface area contributed by atoms with Gasteiger partial charge in [0.15, 0.2) is 0 Å². The van der Waals surface area contributed by atoms with E-state index in [1.807, 2.05) is 24.8 Å². The van der Waals surface area contributed by atoms with E-state index < -0.39 is 0 Å². The average molecular weight is 354 g/mol. The van der Waals surface area contributed by atoms with E-state index in [-0.39, 0.29) is 17.8 Å². The predicted molar refractivity (Wildman–Crippen MR) is 98.6 cm³/mol. The number of nitrogens with one attached hydrogen (secondary N) is 1. The summed E-state index contributed by atoms with van der Waals surface area (Å²) in [5.74, 6) is 0.492. The summed E-state index contributed by atoms with van der Waals surface area (Å²) in [6.07, 6.45) is 1.80. The highest BCUT2D eigenvalue weighted by Crippen LogP contribution is 2.33. The number of benzene rings is 1. The van der Waals surface area contributed by atoms with E-state index in [9.17, 15) is 9.18 Å². The summed E-state index contributed by atoms with van der Waals surface area (Å²) in [4.78, 5) is 22.9. The van der Waals surface area contributed by atoms with Crippen LogP contribution in [-0.2, 0) is 6.54 Å².